The lowest BCUT2D eigenvalue weighted by atomic mass is 10.0. The predicted octanol–water partition coefficient (Wildman–Crippen LogP) is 4.75. The van der Waals surface area contributed by atoms with Crippen molar-refractivity contribution in [2.75, 3.05) is 23.3 Å². The Hall–Kier alpha value is -4.73. The summed E-state index contributed by atoms with van der Waals surface area (Å²) >= 11 is 0. The van der Waals surface area contributed by atoms with E-state index in [1.54, 1.807) is 6.33 Å². The van der Waals surface area contributed by atoms with E-state index in [0.717, 1.165) is 87.6 Å². The molecule has 10 nitrogen and oxygen atoms in total. The number of imidazole rings is 2. The highest BCUT2D eigenvalue weighted by Crippen LogP contribution is 2.30. The molecule has 0 radical (unpaired) electrons. The van der Waals surface area contributed by atoms with Gasteiger partial charge in [-0.15, -0.1) is 0 Å². The van der Waals surface area contributed by atoms with Crippen LogP contribution >= 0.6 is 0 Å². The molecule has 38 heavy (non-hydrogen) atoms. The summed E-state index contributed by atoms with van der Waals surface area (Å²) in [5.41, 5.74) is 6.56. The first kappa shape index (κ1) is 22.5. The average Bonchev–Trinajstić information content (AvgIpc) is 3.48. The third kappa shape index (κ3) is 3.76. The Labute approximate surface area is 217 Å². The van der Waals surface area contributed by atoms with Crippen LogP contribution in [-0.4, -0.2) is 47.6 Å². The van der Waals surface area contributed by atoms with Gasteiger partial charge in [0, 0.05) is 36.3 Å². The van der Waals surface area contributed by atoms with Crippen LogP contribution in [0.5, 0.6) is 0 Å². The second-order valence-corrected chi connectivity index (χ2v) is 9.95. The van der Waals surface area contributed by atoms with Crippen LogP contribution in [0.2, 0.25) is 0 Å². The van der Waals surface area contributed by atoms with Gasteiger partial charge < -0.3 is 20.2 Å². The number of nitrogens with zero attached hydrogens (tertiary/aromatic N) is 6. The van der Waals surface area contributed by atoms with Crippen molar-refractivity contribution < 1.29 is 0 Å². The number of hydrogen-bond acceptors (Lipinski definition) is 7. The number of rotatable bonds is 4. The zero-order chi connectivity index (χ0) is 25.8. The number of pyridine rings is 1. The molecule has 1 saturated heterocycles. The highest BCUT2D eigenvalue weighted by Gasteiger charge is 2.25. The summed E-state index contributed by atoms with van der Waals surface area (Å²) in [5, 5.41) is 4.38. The molecule has 0 bridgehead atoms. The smallest absolute Gasteiger partial charge is 0.326 e. The van der Waals surface area contributed by atoms with E-state index in [-0.39, 0.29) is 11.7 Å². The maximum Gasteiger partial charge on any atom is 0.326 e. The van der Waals surface area contributed by atoms with E-state index in [1.807, 2.05) is 54.1 Å². The average molecular weight is 506 g/mol. The van der Waals surface area contributed by atoms with Crippen molar-refractivity contribution in [3.8, 4) is 0 Å². The second-order valence-electron chi connectivity index (χ2n) is 9.95. The number of aryl methyl sites for hydroxylation is 2. The van der Waals surface area contributed by atoms with E-state index in [1.165, 1.54) is 0 Å². The number of aromatic nitrogens is 7. The Bertz CT molecular complexity index is 1870. The first-order chi connectivity index (χ1) is 18.5. The van der Waals surface area contributed by atoms with Crippen LogP contribution in [0.4, 0.5) is 17.3 Å². The Morgan fingerprint density at radius 1 is 0.947 bits per heavy atom. The first-order valence-electron chi connectivity index (χ1n) is 12.8. The lowest BCUT2D eigenvalue weighted by Gasteiger charge is -2.33. The highest BCUT2D eigenvalue weighted by molar-refractivity contribution is 6.01. The highest BCUT2D eigenvalue weighted by atomic mass is 16.1. The molecular weight excluding hydrogens is 478 g/mol. The van der Waals surface area contributed by atoms with Gasteiger partial charge in [0.1, 0.15) is 23.8 Å². The van der Waals surface area contributed by atoms with Gasteiger partial charge in [-0.1, -0.05) is 18.2 Å². The summed E-state index contributed by atoms with van der Waals surface area (Å²) in [5.74, 6) is 2.50. The van der Waals surface area contributed by atoms with Gasteiger partial charge in [0.15, 0.2) is 0 Å². The molecule has 6 aromatic rings. The minimum Gasteiger partial charge on any atom is -0.356 e. The monoisotopic (exact) mass is 505 g/mol. The van der Waals surface area contributed by atoms with Crippen molar-refractivity contribution in [1.82, 2.24) is 34.5 Å². The summed E-state index contributed by atoms with van der Waals surface area (Å²) in [4.78, 5) is 39.8. The fourth-order valence-corrected chi connectivity index (χ4v) is 5.65. The van der Waals surface area contributed by atoms with E-state index in [2.05, 4.69) is 53.1 Å². The molecule has 3 N–H and O–H groups in total. The number of anilines is 3. The zero-order valence-corrected chi connectivity index (χ0v) is 21.2. The topological polar surface area (TPSA) is 120 Å². The number of fused-ring (bicyclic) bond motifs is 4. The summed E-state index contributed by atoms with van der Waals surface area (Å²) < 4.78 is 1.88. The Balaban J connectivity index is 1.10. The fourth-order valence-electron chi connectivity index (χ4n) is 5.65. The molecule has 0 aliphatic carbocycles. The summed E-state index contributed by atoms with van der Waals surface area (Å²) in [6.07, 6.45) is 5.07. The zero-order valence-electron chi connectivity index (χ0n) is 21.2. The molecule has 1 aliphatic heterocycles. The number of hydrogen-bond donors (Lipinski definition) is 3. The Kier molecular flexibility index (Phi) is 5.14. The predicted molar refractivity (Wildman–Crippen MR) is 149 cm³/mol. The SMILES string of the molecule is Cc1nc2cc(Nc3cc(N4CCC(n5c(=O)[nH]c6c7ccccc7ncc65)CC4)ncn3)cc(C)c2[nH]1. The van der Waals surface area contributed by atoms with Crippen molar-refractivity contribution >= 4 is 50.3 Å². The van der Waals surface area contributed by atoms with Crippen LogP contribution in [0, 0.1) is 13.8 Å². The van der Waals surface area contributed by atoms with Gasteiger partial charge in [-0.05, 0) is 50.5 Å². The van der Waals surface area contributed by atoms with E-state index in [9.17, 15) is 4.79 Å². The molecule has 2 aromatic carbocycles. The molecular formula is C28H27N9O. The molecule has 5 heterocycles. The maximum absolute atomic E-state index is 13.0. The summed E-state index contributed by atoms with van der Waals surface area (Å²) in [6.45, 7) is 5.61. The van der Waals surface area contributed by atoms with Crippen molar-refractivity contribution in [3.05, 3.63) is 76.9 Å². The van der Waals surface area contributed by atoms with Crippen LogP contribution in [-0.2, 0) is 0 Å². The van der Waals surface area contributed by atoms with Gasteiger partial charge in [0.2, 0.25) is 0 Å². The third-order valence-electron chi connectivity index (χ3n) is 7.45. The van der Waals surface area contributed by atoms with Crippen LogP contribution < -0.4 is 15.9 Å². The molecule has 7 rings (SSSR count). The molecule has 190 valence electrons. The van der Waals surface area contributed by atoms with Crippen molar-refractivity contribution in [2.45, 2.75) is 32.7 Å². The molecule has 4 aromatic heterocycles. The number of benzene rings is 2. The minimum atomic E-state index is -0.0792. The number of H-pyrrole nitrogens is 2. The first-order valence-corrected chi connectivity index (χ1v) is 12.8. The van der Waals surface area contributed by atoms with Crippen LogP contribution in [0.25, 0.3) is 33.0 Å². The van der Waals surface area contributed by atoms with E-state index in [0.29, 0.717) is 0 Å². The quantitative estimate of drug-likeness (QED) is 0.316. The molecule has 1 fully saturated rings. The number of piperidine rings is 1. The largest absolute Gasteiger partial charge is 0.356 e. The summed E-state index contributed by atoms with van der Waals surface area (Å²) in [7, 11) is 0. The fraction of sp³-hybridized carbons (Fsp3) is 0.250. The van der Waals surface area contributed by atoms with Crippen molar-refractivity contribution in [1.29, 1.82) is 0 Å². The molecule has 10 heteroatoms. The van der Waals surface area contributed by atoms with Gasteiger partial charge in [-0.25, -0.2) is 19.7 Å². The number of nitrogens with one attached hydrogen (secondary N) is 3. The Morgan fingerprint density at radius 2 is 1.79 bits per heavy atom. The van der Waals surface area contributed by atoms with Crippen molar-refractivity contribution in [3.63, 3.8) is 0 Å². The van der Waals surface area contributed by atoms with Gasteiger partial charge in [-0.2, -0.15) is 0 Å². The Morgan fingerprint density at radius 3 is 2.66 bits per heavy atom. The van der Waals surface area contributed by atoms with Crippen LogP contribution in [0.1, 0.15) is 30.3 Å². The van der Waals surface area contributed by atoms with Crippen LogP contribution in [0.3, 0.4) is 0 Å². The van der Waals surface area contributed by atoms with E-state index in [4.69, 9.17) is 0 Å². The molecule has 0 amide bonds. The molecule has 0 unspecified atom stereocenters. The van der Waals surface area contributed by atoms with Gasteiger partial charge >= 0.3 is 5.69 Å². The minimum absolute atomic E-state index is 0.0792. The normalized spacial score (nSPS) is 14.6. The van der Waals surface area contributed by atoms with Gasteiger partial charge in [-0.3, -0.25) is 9.55 Å². The standard InChI is InChI=1S/C28H27N9O/c1-16-11-18(12-22-26(16)33-17(2)32-22)34-24-13-25(31-15-30-24)36-9-7-19(8-10-36)37-23-14-29-21-6-4-3-5-20(21)27(23)35-28(37)38/h3-6,11-15,19H,7-10H2,1-2H3,(H,32,33)(H,35,38)(H,30,31,34). The number of aromatic amines is 2. The number of para-hydroxylation sites is 1. The van der Waals surface area contributed by atoms with Crippen molar-refractivity contribution in [2.24, 2.45) is 0 Å². The van der Waals surface area contributed by atoms with Gasteiger partial charge in [0.25, 0.3) is 0 Å². The maximum atomic E-state index is 13.0. The molecule has 0 atom stereocenters. The van der Waals surface area contributed by atoms with E-state index < -0.39 is 0 Å². The third-order valence-corrected chi connectivity index (χ3v) is 7.45. The van der Waals surface area contributed by atoms with Crippen LogP contribution in [0.15, 0.2) is 59.8 Å². The van der Waals surface area contributed by atoms with E-state index >= 15 is 0 Å². The van der Waals surface area contributed by atoms with Gasteiger partial charge in [0.05, 0.1) is 33.8 Å². The summed E-state index contributed by atoms with van der Waals surface area (Å²) in [6, 6.07) is 14.1. The molecule has 1 aliphatic rings. The lowest BCUT2D eigenvalue weighted by molar-refractivity contribution is 0.395. The molecule has 0 spiro atoms. The molecule has 0 saturated carbocycles. The second kappa shape index (κ2) is 8.69. The lowest BCUT2D eigenvalue weighted by Crippen LogP contribution is -2.37.